The molecular formula is C16H24N2S. The van der Waals surface area contributed by atoms with Crippen LogP contribution >= 0.6 is 11.8 Å². The van der Waals surface area contributed by atoms with Crippen molar-refractivity contribution in [2.45, 2.75) is 62.3 Å². The molecule has 0 aliphatic heterocycles. The fourth-order valence-corrected chi connectivity index (χ4v) is 4.55. The number of thioether (sulfide) groups is 1. The van der Waals surface area contributed by atoms with Gasteiger partial charge in [-0.05, 0) is 50.0 Å². The van der Waals surface area contributed by atoms with Gasteiger partial charge >= 0.3 is 0 Å². The fraction of sp³-hybridized carbons (Fsp3) is 0.688. The number of fused-ring (bicyclic) bond motifs is 1. The van der Waals surface area contributed by atoms with Gasteiger partial charge in [-0.25, -0.2) is 0 Å². The number of hydrogen-bond donors (Lipinski definition) is 1. The summed E-state index contributed by atoms with van der Waals surface area (Å²) in [7, 11) is 0. The number of nitrogens with one attached hydrogen (secondary N) is 1. The maximum atomic E-state index is 4.65. The molecule has 0 radical (unpaired) electrons. The van der Waals surface area contributed by atoms with E-state index in [0.29, 0.717) is 12.1 Å². The molecule has 0 bridgehead atoms. The highest BCUT2D eigenvalue weighted by atomic mass is 32.2. The Balaban J connectivity index is 1.73. The van der Waals surface area contributed by atoms with Crippen LogP contribution in [0.3, 0.4) is 0 Å². The van der Waals surface area contributed by atoms with Gasteiger partial charge in [0, 0.05) is 17.5 Å². The Morgan fingerprint density at radius 3 is 3.00 bits per heavy atom. The van der Waals surface area contributed by atoms with Gasteiger partial charge in [0.25, 0.3) is 0 Å². The van der Waals surface area contributed by atoms with Crippen molar-refractivity contribution in [2.75, 3.05) is 6.26 Å². The highest BCUT2D eigenvalue weighted by Crippen LogP contribution is 2.32. The second-order valence-electron chi connectivity index (χ2n) is 5.82. The highest BCUT2D eigenvalue weighted by molar-refractivity contribution is 7.99. The molecule has 3 unspecified atom stereocenters. The topological polar surface area (TPSA) is 24.9 Å². The van der Waals surface area contributed by atoms with E-state index in [1.807, 2.05) is 18.0 Å². The van der Waals surface area contributed by atoms with Gasteiger partial charge in [0.2, 0.25) is 0 Å². The van der Waals surface area contributed by atoms with Crippen molar-refractivity contribution in [1.82, 2.24) is 10.3 Å². The standard InChI is InChI=1S/C16H24N2S/c1-19-15-10-3-2-8-13(15)18-14-9-4-6-12-7-5-11-17-16(12)14/h5,7,11,13-15,18H,2-4,6,8-10H2,1H3. The Morgan fingerprint density at radius 2 is 2.11 bits per heavy atom. The zero-order valence-corrected chi connectivity index (χ0v) is 12.6. The molecule has 1 N–H and O–H groups in total. The molecule has 0 amide bonds. The first-order valence-corrected chi connectivity index (χ1v) is 8.90. The van der Waals surface area contributed by atoms with Crippen molar-refractivity contribution in [3.8, 4) is 0 Å². The normalized spacial score (nSPS) is 30.9. The molecule has 1 aromatic rings. The molecule has 0 spiro atoms. The van der Waals surface area contributed by atoms with Crippen molar-refractivity contribution in [3.63, 3.8) is 0 Å². The lowest BCUT2D eigenvalue weighted by atomic mass is 9.89. The van der Waals surface area contributed by atoms with Gasteiger partial charge in [-0.15, -0.1) is 0 Å². The van der Waals surface area contributed by atoms with E-state index in [9.17, 15) is 0 Å². The summed E-state index contributed by atoms with van der Waals surface area (Å²) in [6.45, 7) is 0. The summed E-state index contributed by atoms with van der Waals surface area (Å²) in [6.07, 6.45) is 13.5. The minimum Gasteiger partial charge on any atom is -0.305 e. The van der Waals surface area contributed by atoms with E-state index in [4.69, 9.17) is 0 Å². The first-order valence-electron chi connectivity index (χ1n) is 7.61. The van der Waals surface area contributed by atoms with E-state index < -0.39 is 0 Å². The number of aryl methyl sites for hydroxylation is 1. The van der Waals surface area contributed by atoms with Gasteiger partial charge in [-0.1, -0.05) is 18.9 Å². The molecule has 2 nitrogen and oxygen atoms in total. The summed E-state index contributed by atoms with van der Waals surface area (Å²) in [6, 6.07) is 5.50. The van der Waals surface area contributed by atoms with Crippen LogP contribution < -0.4 is 5.32 Å². The SMILES string of the molecule is CSC1CCCCC1NC1CCCc2cccnc21. The number of rotatable bonds is 3. The largest absolute Gasteiger partial charge is 0.305 e. The number of nitrogens with zero attached hydrogens (tertiary/aromatic N) is 1. The number of hydrogen-bond acceptors (Lipinski definition) is 3. The van der Waals surface area contributed by atoms with E-state index in [0.717, 1.165) is 5.25 Å². The molecule has 2 aliphatic rings. The summed E-state index contributed by atoms with van der Waals surface area (Å²) in [4.78, 5) is 4.65. The summed E-state index contributed by atoms with van der Waals surface area (Å²) >= 11 is 2.04. The summed E-state index contributed by atoms with van der Waals surface area (Å²) < 4.78 is 0. The van der Waals surface area contributed by atoms with Crippen molar-refractivity contribution in [3.05, 3.63) is 29.6 Å². The maximum absolute atomic E-state index is 4.65. The summed E-state index contributed by atoms with van der Waals surface area (Å²) in [5.41, 5.74) is 2.78. The fourth-order valence-electron chi connectivity index (χ4n) is 3.60. The Morgan fingerprint density at radius 1 is 1.21 bits per heavy atom. The van der Waals surface area contributed by atoms with Crippen LogP contribution in [-0.4, -0.2) is 22.5 Å². The third-order valence-corrected chi connectivity index (χ3v) is 5.79. The predicted molar refractivity (Wildman–Crippen MR) is 82.6 cm³/mol. The Kier molecular flexibility index (Phi) is 4.44. The lowest BCUT2D eigenvalue weighted by Crippen LogP contribution is -2.43. The lowest BCUT2D eigenvalue weighted by molar-refractivity contribution is 0.325. The van der Waals surface area contributed by atoms with Crippen LogP contribution in [0.4, 0.5) is 0 Å². The van der Waals surface area contributed by atoms with Crippen LogP contribution in [-0.2, 0) is 6.42 Å². The van der Waals surface area contributed by atoms with Gasteiger partial charge in [0.1, 0.15) is 0 Å². The Bertz CT molecular complexity index is 421. The van der Waals surface area contributed by atoms with Crippen LogP contribution in [0.1, 0.15) is 55.8 Å². The highest BCUT2D eigenvalue weighted by Gasteiger charge is 2.29. The Hall–Kier alpha value is -0.540. The average molecular weight is 276 g/mol. The van der Waals surface area contributed by atoms with E-state index in [2.05, 4.69) is 28.7 Å². The van der Waals surface area contributed by atoms with Crippen molar-refractivity contribution < 1.29 is 0 Å². The average Bonchev–Trinajstić information content (AvgIpc) is 2.48. The number of aromatic nitrogens is 1. The third-order valence-electron chi connectivity index (χ3n) is 4.62. The maximum Gasteiger partial charge on any atom is 0.0605 e. The van der Waals surface area contributed by atoms with E-state index in [1.54, 1.807) is 0 Å². The molecule has 2 aliphatic carbocycles. The van der Waals surface area contributed by atoms with Gasteiger partial charge in [0.05, 0.1) is 11.7 Å². The number of pyridine rings is 1. The van der Waals surface area contributed by atoms with Crippen LogP contribution in [0.5, 0.6) is 0 Å². The van der Waals surface area contributed by atoms with Crippen LogP contribution in [0.2, 0.25) is 0 Å². The quantitative estimate of drug-likeness (QED) is 0.910. The molecular weight excluding hydrogens is 252 g/mol. The van der Waals surface area contributed by atoms with E-state index in [-0.39, 0.29) is 0 Å². The smallest absolute Gasteiger partial charge is 0.0605 e. The molecule has 3 rings (SSSR count). The molecule has 1 aromatic heterocycles. The molecule has 3 heteroatoms. The molecule has 0 saturated heterocycles. The van der Waals surface area contributed by atoms with Gasteiger partial charge < -0.3 is 5.32 Å². The Labute approximate surface area is 120 Å². The van der Waals surface area contributed by atoms with Crippen molar-refractivity contribution >= 4 is 11.8 Å². The van der Waals surface area contributed by atoms with Gasteiger partial charge in [-0.3, -0.25) is 4.98 Å². The van der Waals surface area contributed by atoms with Gasteiger partial charge in [-0.2, -0.15) is 11.8 Å². The minimum absolute atomic E-state index is 0.489. The molecule has 1 saturated carbocycles. The monoisotopic (exact) mass is 276 g/mol. The first kappa shape index (κ1) is 13.4. The molecule has 1 fully saturated rings. The molecule has 19 heavy (non-hydrogen) atoms. The molecule has 0 aromatic carbocycles. The predicted octanol–water partition coefficient (Wildman–Crippen LogP) is 3.72. The van der Waals surface area contributed by atoms with Crippen LogP contribution in [0, 0.1) is 0 Å². The van der Waals surface area contributed by atoms with Crippen molar-refractivity contribution in [2.24, 2.45) is 0 Å². The zero-order chi connectivity index (χ0) is 13.1. The van der Waals surface area contributed by atoms with Crippen molar-refractivity contribution in [1.29, 1.82) is 0 Å². The third kappa shape index (κ3) is 2.97. The summed E-state index contributed by atoms with van der Waals surface area (Å²) in [5, 5.41) is 4.73. The lowest BCUT2D eigenvalue weighted by Gasteiger charge is -2.36. The first-order chi connectivity index (χ1) is 9.38. The molecule has 1 heterocycles. The zero-order valence-electron chi connectivity index (χ0n) is 11.8. The molecule has 3 atom stereocenters. The van der Waals surface area contributed by atoms with E-state index in [1.165, 1.54) is 56.2 Å². The van der Waals surface area contributed by atoms with Gasteiger partial charge in [0.15, 0.2) is 0 Å². The molecule has 104 valence electrons. The minimum atomic E-state index is 0.489. The second kappa shape index (κ2) is 6.27. The summed E-state index contributed by atoms with van der Waals surface area (Å²) in [5.74, 6) is 0. The van der Waals surface area contributed by atoms with Crippen LogP contribution in [0.25, 0.3) is 0 Å². The second-order valence-corrected chi connectivity index (χ2v) is 6.90. The van der Waals surface area contributed by atoms with E-state index >= 15 is 0 Å². The van der Waals surface area contributed by atoms with Crippen LogP contribution in [0.15, 0.2) is 18.3 Å².